The second-order valence-electron chi connectivity index (χ2n) is 19.6. The summed E-state index contributed by atoms with van der Waals surface area (Å²) in [6.07, 6.45) is 13.5. The van der Waals surface area contributed by atoms with Crippen LogP contribution in [0.4, 0.5) is 10.5 Å². The van der Waals surface area contributed by atoms with Gasteiger partial charge in [-0.1, -0.05) is 6.07 Å². The van der Waals surface area contributed by atoms with Crippen molar-refractivity contribution in [2.75, 3.05) is 45.0 Å². The molecule has 354 valence electrons. The fourth-order valence-electron chi connectivity index (χ4n) is 11.0. The molecular formula is C52H52N14O4. The summed E-state index contributed by atoms with van der Waals surface area (Å²) in [4.78, 5) is 63.6. The molecule has 0 spiro atoms. The number of anilines is 1. The largest absolute Gasteiger partial charge is 0.443 e. The van der Waals surface area contributed by atoms with E-state index in [2.05, 4.69) is 47.5 Å². The molecule has 18 nitrogen and oxygen atoms in total. The molecule has 9 aromatic rings. The third-order valence-corrected chi connectivity index (χ3v) is 14.5. The zero-order valence-corrected chi connectivity index (χ0v) is 39.0. The van der Waals surface area contributed by atoms with E-state index in [-0.39, 0.29) is 29.6 Å². The molecule has 0 bridgehead atoms. The number of hydrogen-bond acceptors (Lipinski definition) is 11. The molecular weight excluding hydrogens is 885 g/mol. The van der Waals surface area contributed by atoms with Gasteiger partial charge in [0.1, 0.15) is 16.9 Å². The van der Waals surface area contributed by atoms with E-state index < -0.39 is 11.7 Å². The summed E-state index contributed by atoms with van der Waals surface area (Å²) in [6.45, 7) is 7.20. The highest BCUT2D eigenvalue weighted by atomic mass is 16.6. The van der Waals surface area contributed by atoms with Gasteiger partial charge in [-0.2, -0.15) is 29.7 Å². The highest BCUT2D eigenvalue weighted by molar-refractivity contribution is 6.00. The number of aromatic nitrogens is 10. The van der Waals surface area contributed by atoms with Gasteiger partial charge in [0.15, 0.2) is 0 Å². The van der Waals surface area contributed by atoms with Crippen LogP contribution in [0.2, 0.25) is 0 Å². The van der Waals surface area contributed by atoms with Gasteiger partial charge in [-0.25, -0.2) is 14.8 Å². The highest BCUT2D eigenvalue weighted by Gasteiger charge is 2.37. The summed E-state index contributed by atoms with van der Waals surface area (Å²) in [5.41, 5.74) is 16.3. The topological polar surface area (TPSA) is 214 Å². The average molecular weight is 937 g/mol. The monoisotopic (exact) mass is 936 g/mol. The number of piperidine rings is 1. The van der Waals surface area contributed by atoms with Crippen LogP contribution in [0.1, 0.15) is 78.7 Å². The number of rotatable bonds is 9. The van der Waals surface area contributed by atoms with Crippen LogP contribution in [0.3, 0.4) is 0 Å². The lowest BCUT2D eigenvalue weighted by Gasteiger charge is -2.35. The fourth-order valence-corrected chi connectivity index (χ4v) is 11.0. The summed E-state index contributed by atoms with van der Waals surface area (Å²) < 4.78 is 9.55. The molecule has 3 aliphatic heterocycles. The molecule has 0 radical (unpaired) electrons. The Kier molecular flexibility index (Phi) is 10.6. The van der Waals surface area contributed by atoms with Crippen molar-refractivity contribution < 1.29 is 19.1 Å². The van der Waals surface area contributed by atoms with Gasteiger partial charge in [-0.3, -0.25) is 9.59 Å². The van der Waals surface area contributed by atoms with Gasteiger partial charge in [0.25, 0.3) is 5.91 Å². The van der Waals surface area contributed by atoms with E-state index in [1.54, 1.807) is 50.8 Å². The lowest BCUT2D eigenvalue weighted by atomic mass is 9.91. The molecule has 70 heavy (non-hydrogen) atoms. The van der Waals surface area contributed by atoms with E-state index >= 15 is 0 Å². The molecule has 12 rings (SSSR count). The van der Waals surface area contributed by atoms with Crippen LogP contribution in [0, 0.1) is 5.92 Å². The molecule has 1 aromatic carbocycles. The van der Waals surface area contributed by atoms with Crippen molar-refractivity contribution in [2.24, 2.45) is 5.92 Å². The Morgan fingerprint density at radius 2 is 1.31 bits per heavy atom. The van der Waals surface area contributed by atoms with E-state index in [1.807, 2.05) is 78.8 Å². The number of carbonyl (C=O) groups is 3. The molecule has 18 heteroatoms. The van der Waals surface area contributed by atoms with Crippen LogP contribution in [0.15, 0.2) is 104 Å². The van der Waals surface area contributed by atoms with Gasteiger partial charge in [-0.05, 0) is 111 Å². The Bertz CT molecular complexity index is 3490. The van der Waals surface area contributed by atoms with Crippen molar-refractivity contribution >= 4 is 56.7 Å². The van der Waals surface area contributed by atoms with Gasteiger partial charge in [0.05, 0.1) is 23.4 Å². The first-order valence-corrected chi connectivity index (χ1v) is 24.0. The lowest BCUT2D eigenvalue weighted by Crippen LogP contribution is -2.46. The predicted octanol–water partition coefficient (Wildman–Crippen LogP) is 7.26. The van der Waals surface area contributed by atoms with Crippen LogP contribution in [-0.4, -0.2) is 127 Å². The number of pyridine rings is 2. The third kappa shape index (κ3) is 7.82. The van der Waals surface area contributed by atoms with Crippen molar-refractivity contribution in [1.29, 1.82) is 0 Å². The van der Waals surface area contributed by atoms with Crippen LogP contribution in [0.5, 0.6) is 0 Å². The maximum Gasteiger partial charge on any atom is 0.410 e. The Morgan fingerprint density at radius 3 is 2.04 bits per heavy atom. The summed E-state index contributed by atoms with van der Waals surface area (Å²) in [7, 11) is 0. The third-order valence-electron chi connectivity index (χ3n) is 14.5. The van der Waals surface area contributed by atoms with Crippen molar-refractivity contribution in [3.8, 4) is 22.3 Å². The van der Waals surface area contributed by atoms with Crippen LogP contribution in [-0.2, 0) is 16.0 Å². The van der Waals surface area contributed by atoms with E-state index in [9.17, 15) is 14.4 Å². The maximum atomic E-state index is 14.0. The molecule has 8 aromatic heterocycles. The second kappa shape index (κ2) is 17.1. The number of fused-ring (bicyclic) bond motifs is 4. The van der Waals surface area contributed by atoms with Crippen LogP contribution in [0.25, 0.3) is 55.4 Å². The number of aromatic amines is 2. The van der Waals surface area contributed by atoms with E-state index in [4.69, 9.17) is 15.5 Å². The minimum Gasteiger partial charge on any atom is -0.443 e. The normalized spacial score (nSPS) is 18.0. The Labute approximate surface area is 401 Å². The predicted molar refractivity (Wildman–Crippen MR) is 263 cm³/mol. The van der Waals surface area contributed by atoms with Crippen LogP contribution >= 0.6 is 0 Å². The number of ether oxygens (including phenoxy) is 1. The molecule has 3 fully saturated rings. The average Bonchev–Trinajstić information content (AvgIpc) is 4.24. The summed E-state index contributed by atoms with van der Waals surface area (Å²) >= 11 is 0. The molecule has 3 amide bonds. The quantitative estimate of drug-likeness (QED) is 0.123. The molecule has 3 aliphatic rings. The summed E-state index contributed by atoms with van der Waals surface area (Å²) in [6, 6.07) is 21.2. The number of carbonyl (C=O) groups excluding carboxylic acids is 3. The highest BCUT2D eigenvalue weighted by Crippen LogP contribution is 2.40. The number of benzene rings is 1. The maximum absolute atomic E-state index is 14.0. The van der Waals surface area contributed by atoms with Gasteiger partial charge < -0.3 is 35.1 Å². The fraction of sp³-hybridized carbons (Fsp3) is 0.327. The number of nitrogens with two attached hydrogens (primary N) is 1. The van der Waals surface area contributed by atoms with Gasteiger partial charge >= 0.3 is 6.09 Å². The van der Waals surface area contributed by atoms with E-state index in [0.29, 0.717) is 69.8 Å². The summed E-state index contributed by atoms with van der Waals surface area (Å²) in [5.74, 6) is 0.180. The zero-order valence-electron chi connectivity index (χ0n) is 39.0. The van der Waals surface area contributed by atoms with E-state index in [0.717, 1.165) is 85.1 Å². The van der Waals surface area contributed by atoms with Crippen LogP contribution < -0.4 is 5.73 Å². The molecule has 2 atom stereocenters. The number of nitrogens with zero attached hydrogens (tertiary/aromatic N) is 11. The molecule has 0 aliphatic carbocycles. The smallest absolute Gasteiger partial charge is 0.410 e. The van der Waals surface area contributed by atoms with Gasteiger partial charge in [0.2, 0.25) is 5.91 Å². The first kappa shape index (κ1) is 43.2. The molecule has 3 saturated heterocycles. The number of H-pyrrole nitrogens is 2. The molecule has 11 heterocycles. The second-order valence-corrected chi connectivity index (χ2v) is 19.6. The lowest BCUT2D eigenvalue weighted by molar-refractivity contribution is -0.136. The molecule has 0 saturated carbocycles. The number of nitrogen functional groups attached to an aromatic ring is 1. The van der Waals surface area contributed by atoms with Gasteiger partial charge in [-0.15, -0.1) is 0 Å². The van der Waals surface area contributed by atoms with E-state index in [1.165, 1.54) is 0 Å². The minimum atomic E-state index is -0.922. The van der Waals surface area contributed by atoms with Crippen molar-refractivity contribution in [3.63, 3.8) is 0 Å². The standard InChI is InChI=1S/C52H52N14O4/c1-52(2,25-35-26-55-48-39(46(35)41-28-59-66-45(41)9-5-16-57-66)24-43(61-48)34-14-21-64(30-34)50(68)32-6-3-7-36(53)22-32)70-51(69)62-18-11-31(12-19-62)49(67)63-20-13-33(29-63)42-23-38-37(10-17-54-47(38)60-42)40-27-58-65-44(40)8-4-15-56-65/h3-10,15-17,22-24,26-28,31,33-34H,11-14,18-21,25,29-30,53H2,1-2H3,(H,54,60)(H,55,61). The molecule has 4 N–H and O–H groups in total. The Morgan fingerprint density at radius 1 is 0.671 bits per heavy atom. The zero-order chi connectivity index (χ0) is 47.7. The van der Waals surface area contributed by atoms with Crippen molar-refractivity contribution in [2.45, 2.75) is 63.4 Å². The number of nitrogens with one attached hydrogen (secondary N) is 2. The van der Waals surface area contributed by atoms with Crippen molar-refractivity contribution in [3.05, 3.63) is 126 Å². The van der Waals surface area contributed by atoms with Gasteiger partial charge in [0, 0.05) is 138 Å². The SMILES string of the molecule is CC(C)(Cc1cnc2[nH]c(C3CCN(C(=O)c4cccc(N)c4)C3)cc2c1-c1cnn2ncccc12)OC(=O)N1CCC(C(=O)N2CCC(c3cc4c(-c5cnn6ncccc56)ccnc4[nH]3)C2)CC1. The van der Waals surface area contributed by atoms with Crippen molar-refractivity contribution in [1.82, 2.24) is 64.3 Å². The Hall–Kier alpha value is -8.15. The Balaban J connectivity index is 0.708. The first-order valence-electron chi connectivity index (χ1n) is 24.0. The minimum absolute atomic E-state index is 0.0357. The first-order chi connectivity index (χ1) is 34.0. The number of likely N-dealkylation sites (tertiary alicyclic amines) is 3. The summed E-state index contributed by atoms with van der Waals surface area (Å²) in [5, 5.41) is 19.7. The molecule has 2 unspecified atom stereocenters. The number of amides is 3. The number of hydrogen-bond donors (Lipinski definition) is 3.